The normalized spacial score (nSPS) is 25.4. The third-order valence-corrected chi connectivity index (χ3v) is 7.36. The first-order valence-corrected chi connectivity index (χ1v) is 11.8. The molecule has 8 nitrogen and oxygen atoms in total. The van der Waals surface area contributed by atoms with E-state index in [1.54, 1.807) is 12.3 Å². The van der Waals surface area contributed by atoms with Gasteiger partial charge in [0.1, 0.15) is 5.82 Å². The molecule has 1 saturated heterocycles. The number of nitrogen functional groups attached to an aromatic ring is 1. The van der Waals surface area contributed by atoms with Gasteiger partial charge in [0.15, 0.2) is 0 Å². The molecular weight excluding hydrogens is 416 g/mol. The number of nitrogens with two attached hydrogens (primary N) is 1. The highest BCUT2D eigenvalue weighted by atomic mass is 16.2. The molecule has 0 unspecified atom stereocenters. The third-order valence-electron chi connectivity index (χ3n) is 7.36. The van der Waals surface area contributed by atoms with Crippen LogP contribution in [0.3, 0.4) is 0 Å². The highest BCUT2D eigenvalue weighted by Gasteiger charge is 2.51. The molecule has 8 heteroatoms. The van der Waals surface area contributed by atoms with Crippen molar-refractivity contribution in [1.82, 2.24) is 25.0 Å². The van der Waals surface area contributed by atoms with Crippen molar-refractivity contribution in [2.24, 2.45) is 11.8 Å². The molecule has 2 amide bonds. The van der Waals surface area contributed by atoms with E-state index in [1.807, 2.05) is 21.8 Å². The lowest BCUT2D eigenvalue weighted by Crippen LogP contribution is -2.30. The number of piperidine rings is 1. The summed E-state index contributed by atoms with van der Waals surface area (Å²) in [5, 5.41) is 7.51. The Morgan fingerprint density at radius 2 is 1.97 bits per heavy atom. The summed E-state index contributed by atoms with van der Waals surface area (Å²) in [7, 11) is 0. The fourth-order valence-corrected chi connectivity index (χ4v) is 5.38. The summed E-state index contributed by atoms with van der Waals surface area (Å²) in [6.45, 7) is 2.37. The number of carbonyl (C=O) groups excluding carboxylic acids is 2. The minimum Gasteiger partial charge on any atom is -0.384 e. The van der Waals surface area contributed by atoms with Crippen molar-refractivity contribution in [3.05, 3.63) is 64.6 Å². The van der Waals surface area contributed by atoms with Gasteiger partial charge in [0.05, 0.1) is 24.3 Å². The lowest BCUT2D eigenvalue weighted by Gasteiger charge is -2.22. The summed E-state index contributed by atoms with van der Waals surface area (Å²) in [5.41, 5.74) is 10.9. The van der Waals surface area contributed by atoms with Crippen LogP contribution in [0.5, 0.6) is 0 Å². The molecule has 3 aliphatic carbocycles. The van der Waals surface area contributed by atoms with Crippen LogP contribution in [-0.2, 0) is 17.8 Å². The van der Waals surface area contributed by atoms with Crippen LogP contribution in [0.15, 0.2) is 47.8 Å². The molecule has 0 bridgehead atoms. The van der Waals surface area contributed by atoms with Gasteiger partial charge in [-0.15, -0.1) is 0 Å². The molecule has 2 aromatic rings. The predicted molar refractivity (Wildman–Crippen MR) is 123 cm³/mol. The maximum Gasteiger partial charge on any atom is 0.254 e. The number of pyridine rings is 1. The number of likely N-dealkylation sites (tertiary alicyclic amines) is 1. The molecule has 0 radical (unpaired) electrons. The van der Waals surface area contributed by atoms with Gasteiger partial charge in [-0.25, -0.2) is 4.98 Å². The van der Waals surface area contributed by atoms with Crippen LogP contribution < -0.4 is 11.1 Å². The Labute approximate surface area is 192 Å². The average Bonchev–Trinajstić information content (AvgIpc) is 3.10. The number of amides is 2. The van der Waals surface area contributed by atoms with Crippen LogP contribution in [0, 0.1) is 11.8 Å². The number of allylic oxidation sites excluding steroid dienone is 3. The zero-order chi connectivity index (χ0) is 22.5. The summed E-state index contributed by atoms with van der Waals surface area (Å²) in [6.07, 6.45) is 12.4. The number of rotatable bonds is 6. The van der Waals surface area contributed by atoms with Crippen molar-refractivity contribution in [3.8, 4) is 0 Å². The Balaban J connectivity index is 1.05. The molecule has 2 fully saturated rings. The number of anilines is 1. The number of fused-ring (bicyclic) bond motifs is 2. The van der Waals surface area contributed by atoms with Crippen molar-refractivity contribution in [3.63, 3.8) is 0 Å². The maximum atomic E-state index is 12.8. The van der Waals surface area contributed by atoms with Gasteiger partial charge < -0.3 is 16.0 Å². The second kappa shape index (κ2) is 7.86. The van der Waals surface area contributed by atoms with E-state index in [4.69, 9.17) is 5.73 Å². The second-order valence-electron chi connectivity index (χ2n) is 9.73. The summed E-state index contributed by atoms with van der Waals surface area (Å²) < 4.78 is 1.82. The molecule has 170 valence electrons. The van der Waals surface area contributed by atoms with Crippen LogP contribution >= 0.6 is 0 Å². The smallest absolute Gasteiger partial charge is 0.254 e. The molecule has 1 aliphatic heterocycles. The Morgan fingerprint density at radius 3 is 2.73 bits per heavy atom. The molecule has 3 heterocycles. The molecule has 0 aromatic carbocycles. The summed E-state index contributed by atoms with van der Waals surface area (Å²) >= 11 is 0. The maximum absolute atomic E-state index is 12.8. The number of aryl methyl sites for hydroxylation is 1. The fourth-order valence-electron chi connectivity index (χ4n) is 5.38. The largest absolute Gasteiger partial charge is 0.384 e. The van der Waals surface area contributed by atoms with Crippen molar-refractivity contribution in [1.29, 1.82) is 0 Å². The second-order valence-corrected chi connectivity index (χ2v) is 9.73. The fraction of sp³-hybridized carbons (Fsp3) is 0.440. The molecular formula is C25H28N6O2. The van der Waals surface area contributed by atoms with Crippen molar-refractivity contribution in [2.75, 3.05) is 18.8 Å². The van der Waals surface area contributed by atoms with E-state index in [1.165, 1.54) is 11.1 Å². The van der Waals surface area contributed by atoms with Gasteiger partial charge in [0.2, 0.25) is 5.91 Å². The highest BCUT2D eigenvalue weighted by Crippen LogP contribution is 2.46. The summed E-state index contributed by atoms with van der Waals surface area (Å²) in [6, 6.07) is 3.70. The first-order chi connectivity index (χ1) is 16.0. The van der Waals surface area contributed by atoms with E-state index < -0.39 is 0 Å². The molecule has 0 spiro atoms. The van der Waals surface area contributed by atoms with E-state index in [0.29, 0.717) is 35.7 Å². The minimum absolute atomic E-state index is 0.0399. The van der Waals surface area contributed by atoms with Crippen LogP contribution in [0.4, 0.5) is 5.82 Å². The average molecular weight is 445 g/mol. The standard InChI is InChI=1S/C25H28N6O2/c26-23-8-5-19-21(28-23)6-7-22(19)29-24(32)18-10-27-31(14-18)12-16-3-1-15(2-4-16)11-30-13-17-9-20(17)25(30)33/h1,3,5,8,10,14,17,20,22H,2,4,6-7,9,11-13H2,(H2,26,28)(H,29,32)/t17-,20-,22-/m1/s1. The summed E-state index contributed by atoms with van der Waals surface area (Å²) in [5.74, 6) is 1.69. The van der Waals surface area contributed by atoms with Crippen LogP contribution in [0.25, 0.3) is 0 Å². The molecule has 4 aliphatic rings. The topological polar surface area (TPSA) is 106 Å². The Bertz CT molecular complexity index is 1200. The first-order valence-electron chi connectivity index (χ1n) is 11.8. The van der Waals surface area contributed by atoms with Crippen molar-refractivity contribution >= 4 is 17.6 Å². The molecule has 3 N–H and O–H groups in total. The van der Waals surface area contributed by atoms with Gasteiger partial charge in [-0.2, -0.15) is 5.10 Å². The number of hydrogen-bond acceptors (Lipinski definition) is 5. The zero-order valence-electron chi connectivity index (χ0n) is 18.5. The number of nitrogens with one attached hydrogen (secondary N) is 1. The molecule has 1 saturated carbocycles. The first kappa shape index (κ1) is 20.2. The molecule has 33 heavy (non-hydrogen) atoms. The van der Waals surface area contributed by atoms with Crippen molar-refractivity contribution < 1.29 is 9.59 Å². The quantitative estimate of drug-likeness (QED) is 0.712. The predicted octanol–water partition coefficient (Wildman–Crippen LogP) is 2.40. The van der Waals surface area contributed by atoms with Crippen molar-refractivity contribution in [2.45, 2.75) is 44.7 Å². The van der Waals surface area contributed by atoms with Gasteiger partial charge in [0, 0.05) is 30.9 Å². The van der Waals surface area contributed by atoms with Gasteiger partial charge in [0.25, 0.3) is 5.91 Å². The lowest BCUT2D eigenvalue weighted by molar-refractivity contribution is -0.129. The van der Waals surface area contributed by atoms with Crippen LogP contribution in [-0.4, -0.2) is 44.6 Å². The van der Waals surface area contributed by atoms with Gasteiger partial charge >= 0.3 is 0 Å². The van der Waals surface area contributed by atoms with E-state index in [9.17, 15) is 9.59 Å². The Morgan fingerprint density at radius 1 is 1.15 bits per heavy atom. The van der Waals surface area contributed by atoms with Gasteiger partial charge in [-0.1, -0.05) is 23.8 Å². The monoisotopic (exact) mass is 444 g/mol. The minimum atomic E-state index is -0.121. The number of aromatic nitrogens is 3. The molecule has 6 rings (SSSR count). The van der Waals surface area contributed by atoms with Gasteiger partial charge in [-0.3, -0.25) is 14.3 Å². The number of carbonyl (C=O) groups is 2. The van der Waals surface area contributed by atoms with E-state index in [0.717, 1.165) is 56.5 Å². The van der Waals surface area contributed by atoms with E-state index in [-0.39, 0.29) is 11.9 Å². The summed E-state index contributed by atoms with van der Waals surface area (Å²) in [4.78, 5) is 31.4. The Hall–Kier alpha value is -3.42. The lowest BCUT2D eigenvalue weighted by atomic mass is 9.98. The van der Waals surface area contributed by atoms with Crippen LogP contribution in [0.1, 0.15) is 53.3 Å². The SMILES string of the molecule is Nc1ccc2c(n1)CC[C@H]2NC(=O)c1cnn(CC2=CC=C(CN3C[C@H]4C[C@H]4C3=O)CC2)c1. The Kier molecular flexibility index (Phi) is 4.81. The molecule has 3 atom stereocenters. The third kappa shape index (κ3) is 3.94. The van der Waals surface area contributed by atoms with E-state index in [2.05, 4.69) is 27.6 Å². The van der Waals surface area contributed by atoms with Crippen LogP contribution in [0.2, 0.25) is 0 Å². The number of hydrogen-bond donors (Lipinski definition) is 2. The molecule has 2 aromatic heterocycles. The highest BCUT2D eigenvalue weighted by molar-refractivity contribution is 5.94. The number of nitrogens with zero attached hydrogens (tertiary/aromatic N) is 4. The van der Waals surface area contributed by atoms with Gasteiger partial charge in [-0.05, 0) is 55.2 Å². The van der Waals surface area contributed by atoms with E-state index >= 15 is 0 Å². The zero-order valence-corrected chi connectivity index (χ0v) is 18.5.